The minimum Gasteiger partial charge on any atom is -0.323 e. The van der Waals surface area contributed by atoms with E-state index in [4.69, 9.17) is 11.6 Å². The van der Waals surface area contributed by atoms with Crippen LogP contribution in [0.2, 0.25) is 5.02 Å². The Labute approximate surface area is 150 Å². The summed E-state index contributed by atoms with van der Waals surface area (Å²) in [6.45, 7) is -0.501. The smallest absolute Gasteiger partial charge is 0.323 e. The third-order valence-corrected chi connectivity index (χ3v) is 3.94. The first kappa shape index (κ1) is 17.9. The van der Waals surface area contributed by atoms with E-state index in [9.17, 15) is 22.8 Å². The fourth-order valence-electron chi connectivity index (χ4n) is 2.44. The highest BCUT2D eigenvalue weighted by atomic mass is 35.5. The zero-order chi connectivity index (χ0) is 18.9. The molecule has 1 amide bonds. The Hall–Kier alpha value is -2.87. The van der Waals surface area contributed by atoms with E-state index in [-0.39, 0.29) is 5.02 Å². The van der Waals surface area contributed by atoms with Crippen molar-refractivity contribution in [1.82, 2.24) is 9.55 Å². The van der Waals surface area contributed by atoms with E-state index in [0.29, 0.717) is 10.9 Å². The van der Waals surface area contributed by atoms with Crippen LogP contribution in [0, 0.1) is 0 Å². The summed E-state index contributed by atoms with van der Waals surface area (Å²) in [5, 5.41) is 2.18. The van der Waals surface area contributed by atoms with Crippen LogP contribution in [0.1, 0.15) is 5.56 Å². The molecule has 1 heterocycles. The number of carbonyl (C=O) groups is 1. The molecule has 0 radical (unpaired) electrons. The topological polar surface area (TPSA) is 64.0 Å². The summed E-state index contributed by atoms with van der Waals surface area (Å²) < 4.78 is 40.2. The number of nitrogens with zero attached hydrogens (tertiary/aromatic N) is 2. The second-order valence-electron chi connectivity index (χ2n) is 5.40. The largest absolute Gasteiger partial charge is 0.418 e. The van der Waals surface area contributed by atoms with E-state index in [1.165, 1.54) is 12.4 Å². The molecule has 9 heteroatoms. The number of nitrogens with one attached hydrogen (secondary N) is 1. The Morgan fingerprint density at radius 2 is 1.88 bits per heavy atom. The minimum atomic E-state index is -4.69. The molecule has 0 fully saturated rings. The van der Waals surface area contributed by atoms with Gasteiger partial charge in [0.15, 0.2) is 0 Å². The molecule has 1 N–H and O–H groups in total. The molecular formula is C17H11ClF3N3O2. The SMILES string of the molecule is O=C(Cn1cnc2ccccc2c1=O)Nc1c(Cl)cccc1C(F)(F)F. The van der Waals surface area contributed by atoms with E-state index < -0.39 is 35.4 Å². The number of benzene rings is 2. The summed E-state index contributed by atoms with van der Waals surface area (Å²) in [6.07, 6.45) is -3.52. The fourth-order valence-corrected chi connectivity index (χ4v) is 2.66. The van der Waals surface area contributed by atoms with Crippen LogP contribution in [0.3, 0.4) is 0 Å². The first-order valence-electron chi connectivity index (χ1n) is 7.37. The molecule has 3 rings (SSSR count). The first-order chi connectivity index (χ1) is 12.3. The molecule has 26 heavy (non-hydrogen) atoms. The van der Waals surface area contributed by atoms with Gasteiger partial charge >= 0.3 is 6.18 Å². The molecule has 0 aliphatic rings. The van der Waals surface area contributed by atoms with Gasteiger partial charge in [0.05, 0.1) is 33.5 Å². The number of rotatable bonds is 3. The van der Waals surface area contributed by atoms with E-state index in [2.05, 4.69) is 10.3 Å². The summed E-state index contributed by atoms with van der Waals surface area (Å²) in [5.74, 6) is -0.831. The average molecular weight is 382 g/mol. The number of para-hydroxylation sites is 2. The van der Waals surface area contributed by atoms with Crippen molar-refractivity contribution in [2.24, 2.45) is 0 Å². The van der Waals surface area contributed by atoms with Gasteiger partial charge in [0.25, 0.3) is 5.56 Å². The third kappa shape index (κ3) is 3.55. The fraction of sp³-hybridized carbons (Fsp3) is 0.118. The van der Waals surface area contributed by atoms with Gasteiger partial charge in [-0.1, -0.05) is 29.8 Å². The summed E-state index contributed by atoms with van der Waals surface area (Å²) in [5.41, 5.74) is -1.63. The lowest BCUT2D eigenvalue weighted by Gasteiger charge is -2.15. The molecule has 5 nitrogen and oxygen atoms in total. The number of halogens is 4. The lowest BCUT2D eigenvalue weighted by molar-refractivity contribution is -0.137. The molecular weight excluding hydrogens is 371 g/mol. The third-order valence-electron chi connectivity index (χ3n) is 3.63. The van der Waals surface area contributed by atoms with E-state index >= 15 is 0 Å². The Morgan fingerprint density at radius 3 is 2.62 bits per heavy atom. The molecule has 0 atom stereocenters. The predicted molar refractivity (Wildman–Crippen MR) is 91.1 cm³/mol. The molecule has 2 aromatic carbocycles. The quantitative estimate of drug-likeness (QED) is 0.752. The molecule has 134 valence electrons. The highest BCUT2D eigenvalue weighted by molar-refractivity contribution is 6.34. The zero-order valence-corrected chi connectivity index (χ0v) is 13.8. The van der Waals surface area contributed by atoms with Gasteiger partial charge in [0.1, 0.15) is 6.54 Å². The average Bonchev–Trinajstić information content (AvgIpc) is 2.58. The number of anilines is 1. The van der Waals surface area contributed by atoms with Crippen LogP contribution in [-0.4, -0.2) is 15.5 Å². The van der Waals surface area contributed by atoms with Gasteiger partial charge in [-0.05, 0) is 24.3 Å². The number of fused-ring (bicyclic) bond motifs is 1. The highest BCUT2D eigenvalue weighted by Gasteiger charge is 2.34. The van der Waals surface area contributed by atoms with E-state index in [1.54, 1.807) is 24.3 Å². The number of alkyl halides is 3. The summed E-state index contributed by atoms with van der Waals surface area (Å²) in [4.78, 5) is 28.6. The molecule has 0 bridgehead atoms. The van der Waals surface area contributed by atoms with Gasteiger partial charge in [-0.2, -0.15) is 13.2 Å². The standard InChI is InChI=1S/C17H11ClF3N3O2/c18-12-6-3-5-11(17(19,20)21)15(12)23-14(25)8-24-9-22-13-7-2-1-4-10(13)16(24)26/h1-7,9H,8H2,(H,23,25). The normalized spacial score (nSPS) is 11.5. The van der Waals surface area contributed by atoms with Crippen LogP contribution in [0.15, 0.2) is 53.6 Å². The molecule has 0 saturated carbocycles. The van der Waals surface area contributed by atoms with E-state index in [0.717, 1.165) is 16.7 Å². The van der Waals surface area contributed by atoms with Crippen molar-refractivity contribution in [2.45, 2.75) is 12.7 Å². The second kappa shape index (κ2) is 6.80. The van der Waals surface area contributed by atoms with Gasteiger partial charge in [-0.3, -0.25) is 14.2 Å². The van der Waals surface area contributed by atoms with Crippen LogP contribution >= 0.6 is 11.6 Å². The van der Waals surface area contributed by atoms with Crippen molar-refractivity contribution < 1.29 is 18.0 Å². The number of amides is 1. The lowest BCUT2D eigenvalue weighted by Crippen LogP contribution is -2.28. The van der Waals surface area contributed by atoms with Crippen molar-refractivity contribution in [1.29, 1.82) is 0 Å². The number of carbonyl (C=O) groups excluding carboxylic acids is 1. The van der Waals surface area contributed by atoms with Crippen molar-refractivity contribution in [3.8, 4) is 0 Å². The zero-order valence-electron chi connectivity index (χ0n) is 13.0. The van der Waals surface area contributed by atoms with Gasteiger partial charge < -0.3 is 5.32 Å². The van der Waals surface area contributed by atoms with Crippen molar-refractivity contribution in [3.05, 3.63) is 69.7 Å². The van der Waals surface area contributed by atoms with Gasteiger partial charge in [-0.15, -0.1) is 0 Å². The maximum absolute atomic E-state index is 13.1. The number of hydrogen-bond acceptors (Lipinski definition) is 3. The Kier molecular flexibility index (Phi) is 4.69. The van der Waals surface area contributed by atoms with Crippen molar-refractivity contribution in [3.63, 3.8) is 0 Å². The molecule has 0 aliphatic heterocycles. The van der Waals surface area contributed by atoms with Crippen LogP contribution in [0.4, 0.5) is 18.9 Å². The summed E-state index contributed by atoms with van der Waals surface area (Å²) in [7, 11) is 0. The Balaban J connectivity index is 1.89. The number of aromatic nitrogens is 2. The van der Waals surface area contributed by atoms with Crippen LogP contribution in [-0.2, 0) is 17.5 Å². The summed E-state index contributed by atoms with van der Waals surface area (Å²) in [6, 6.07) is 9.73. The van der Waals surface area contributed by atoms with Gasteiger partial charge in [-0.25, -0.2) is 4.98 Å². The van der Waals surface area contributed by atoms with Gasteiger partial charge in [0.2, 0.25) is 5.91 Å². The second-order valence-corrected chi connectivity index (χ2v) is 5.81. The van der Waals surface area contributed by atoms with Crippen LogP contribution in [0.5, 0.6) is 0 Å². The Morgan fingerprint density at radius 1 is 1.15 bits per heavy atom. The minimum absolute atomic E-state index is 0.253. The molecule has 1 aromatic heterocycles. The lowest BCUT2D eigenvalue weighted by atomic mass is 10.1. The molecule has 0 unspecified atom stereocenters. The first-order valence-corrected chi connectivity index (χ1v) is 7.75. The van der Waals surface area contributed by atoms with Crippen molar-refractivity contribution in [2.75, 3.05) is 5.32 Å². The molecule has 3 aromatic rings. The Bertz CT molecular complexity index is 1050. The van der Waals surface area contributed by atoms with E-state index in [1.807, 2.05) is 0 Å². The maximum atomic E-state index is 13.1. The van der Waals surface area contributed by atoms with Crippen LogP contribution in [0.25, 0.3) is 10.9 Å². The van der Waals surface area contributed by atoms with Crippen molar-refractivity contribution >= 4 is 34.1 Å². The maximum Gasteiger partial charge on any atom is 0.418 e. The number of hydrogen-bond donors (Lipinski definition) is 1. The van der Waals surface area contributed by atoms with Crippen LogP contribution < -0.4 is 10.9 Å². The molecule has 0 saturated heterocycles. The monoisotopic (exact) mass is 381 g/mol. The predicted octanol–water partition coefficient (Wildman–Crippen LogP) is 3.71. The van der Waals surface area contributed by atoms with Gasteiger partial charge in [0, 0.05) is 0 Å². The molecule has 0 spiro atoms. The highest BCUT2D eigenvalue weighted by Crippen LogP contribution is 2.38. The molecule has 0 aliphatic carbocycles. The summed E-state index contributed by atoms with van der Waals surface area (Å²) >= 11 is 5.80.